The lowest BCUT2D eigenvalue weighted by molar-refractivity contribution is -0.136. The van der Waals surface area contributed by atoms with Crippen molar-refractivity contribution >= 4 is 50.8 Å². The number of benzene rings is 2. The zero-order chi connectivity index (χ0) is 25.7. The molecule has 0 spiro atoms. The number of nitrogens with zero attached hydrogens (tertiary/aromatic N) is 3. The Bertz CT molecular complexity index is 1250. The first kappa shape index (κ1) is 25.8. The van der Waals surface area contributed by atoms with E-state index in [1.165, 1.54) is 7.11 Å². The Morgan fingerprint density at radius 2 is 1.89 bits per heavy atom. The number of carbonyl (C=O) groups excluding carboxylic acids is 3. The third-order valence-corrected chi connectivity index (χ3v) is 7.39. The van der Waals surface area contributed by atoms with E-state index in [0.717, 1.165) is 41.5 Å². The molecule has 186 valence electrons. The lowest BCUT2D eigenvalue weighted by atomic mass is 10.1. The zero-order valence-corrected chi connectivity index (χ0v) is 22.1. The van der Waals surface area contributed by atoms with Crippen LogP contribution in [0.15, 0.2) is 45.8 Å². The minimum atomic E-state index is -0.480. The second-order valence-electron chi connectivity index (χ2n) is 8.34. The molecule has 2 heterocycles. The number of thioether (sulfide) groups is 1. The van der Waals surface area contributed by atoms with Crippen LogP contribution in [0.3, 0.4) is 0 Å². The van der Waals surface area contributed by atoms with Crippen LogP contribution in [0.5, 0.6) is 11.5 Å². The van der Waals surface area contributed by atoms with Crippen LogP contribution >= 0.6 is 27.7 Å². The van der Waals surface area contributed by atoms with Gasteiger partial charge in [-0.1, -0.05) is 12.1 Å². The van der Waals surface area contributed by atoms with Gasteiger partial charge in [-0.3, -0.25) is 19.3 Å². The molecule has 4 rings (SSSR count). The smallest absolute Gasteiger partial charge is 0.294 e. The largest absolute Gasteiger partial charge is 0.493 e. The molecule has 2 aliphatic rings. The number of imide groups is 1. The van der Waals surface area contributed by atoms with Crippen molar-refractivity contribution in [2.75, 3.05) is 26.7 Å². The van der Waals surface area contributed by atoms with Crippen molar-refractivity contribution in [2.45, 2.75) is 25.9 Å². The molecule has 0 saturated carbocycles. The van der Waals surface area contributed by atoms with Gasteiger partial charge in [-0.25, -0.2) is 0 Å². The van der Waals surface area contributed by atoms with Gasteiger partial charge in [0.15, 0.2) is 11.5 Å². The standard InChI is InChI=1S/C26H24BrN3O5S/c1-34-21-12-19(11-20(27)24(21)35-16-18-7-5-17(14-28)6-8-18)13-22-25(32)30(26(33)36-22)15-23(31)29-9-3-2-4-10-29/h5-8,11-13H,2-4,9-10,15-16H2,1H3/b22-13+. The highest BCUT2D eigenvalue weighted by molar-refractivity contribution is 9.10. The third-order valence-electron chi connectivity index (χ3n) is 5.89. The number of ether oxygens (including phenoxy) is 2. The Kier molecular flexibility index (Phi) is 8.33. The van der Waals surface area contributed by atoms with E-state index >= 15 is 0 Å². The van der Waals surface area contributed by atoms with Gasteiger partial charge in [-0.2, -0.15) is 5.26 Å². The van der Waals surface area contributed by atoms with Gasteiger partial charge in [-0.15, -0.1) is 0 Å². The summed E-state index contributed by atoms with van der Waals surface area (Å²) < 4.78 is 12.1. The van der Waals surface area contributed by atoms with E-state index in [2.05, 4.69) is 22.0 Å². The average Bonchev–Trinajstić information content (AvgIpc) is 3.15. The first-order valence-corrected chi connectivity index (χ1v) is 13.0. The number of hydrogen-bond donors (Lipinski definition) is 0. The Labute approximate surface area is 222 Å². The predicted molar refractivity (Wildman–Crippen MR) is 139 cm³/mol. The lowest BCUT2D eigenvalue weighted by Gasteiger charge is -2.27. The summed E-state index contributed by atoms with van der Waals surface area (Å²) in [4.78, 5) is 40.9. The molecule has 36 heavy (non-hydrogen) atoms. The first-order chi connectivity index (χ1) is 17.4. The fourth-order valence-corrected chi connectivity index (χ4v) is 5.37. The van der Waals surface area contributed by atoms with E-state index in [1.54, 1.807) is 35.2 Å². The van der Waals surface area contributed by atoms with Crippen molar-refractivity contribution in [1.82, 2.24) is 9.80 Å². The molecule has 2 fully saturated rings. The minimum absolute atomic E-state index is 0.202. The molecular weight excluding hydrogens is 546 g/mol. The van der Waals surface area contributed by atoms with Gasteiger partial charge >= 0.3 is 0 Å². The number of rotatable bonds is 7. The molecule has 8 nitrogen and oxygen atoms in total. The van der Waals surface area contributed by atoms with Gasteiger partial charge in [0.05, 0.1) is 28.1 Å². The van der Waals surface area contributed by atoms with Crippen molar-refractivity contribution in [3.05, 3.63) is 62.5 Å². The number of amides is 3. The number of nitriles is 1. The number of halogens is 1. The van der Waals surface area contributed by atoms with Crippen LogP contribution in [0.4, 0.5) is 4.79 Å². The van der Waals surface area contributed by atoms with Crippen LogP contribution < -0.4 is 9.47 Å². The number of piperidine rings is 1. The Hall–Kier alpha value is -3.29. The zero-order valence-electron chi connectivity index (χ0n) is 19.7. The van der Waals surface area contributed by atoms with Gasteiger partial charge in [0, 0.05) is 13.1 Å². The van der Waals surface area contributed by atoms with Crippen LogP contribution in [0.2, 0.25) is 0 Å². The quantitative estimate of drug-likeness (QED) is 0.434. The van der Waals surface area contributed by atoms with Gasteiger partial charge < -0.3 is 14.4 Å². The molecule has 0 atom stereocenters. The van der Waals surface area contributed by atoms with Gasteiger partial charge in [0.25, 0.3) is 11.1 Å². The highest BCUT2D eigenvalue weighted by atomic mass is 79.9. The van der Waals surface area contributed by atoms with Crippen LogP contribution in [-0.2, 0) is 16.2 Å². The molecule has 2 saturated heterocycles. The summed E-state index contributed by atoms with van der Waals surface area (Å²) in [5, 5.41) is 8.48. The Morgan fingerprint density at radius 3 is 2.56 bits per heavy atom. The number of methoxy groups -OCH3 is 1. The maximum atomic E-state index is 12.9. The van der Waals surface area contributed by atoms with E-state index in [0.29, 0.717) is 40.2 Å². The summed E-state index contributed by atoms with van der Waals surface area (Å²) in [6.07, 6.45) is 4.58. The third kappa shape index (κ3) is 5.91. The summed E-state index contributed by atoms with van der Waals surface area (Å²) in [5.74, 6) is 0.251. The lowest BCUT2D eigenvalue weighted by Crippen LogP contribution is -2.44. The van der Waals surface area contributed by atoms with E-state index in [4.69, 9.17) is 14.7 Å². The average molecular weight is 570 g/mol. The summed E-state index contributed by atoms with van der Waals surface area (Å²) in [7, 11) is 1.51. The van der Waals surface area contributed by atoms with Gasteiger partial charge in [-0.05, 0) is 88.4 Å². The van der Waals surface area contributed by atoms with Crippen molar-refractivity contribution < 1.29 is 23.9 Å². The molecule has 0 radical (unpaired) electrons. The highest BCUT2D eigenvalue weighted by Crippen LogP contribution is 2.39. The topological polar surface area (TPSA) is 99.9 Å². The summed E-state index contributed by atoms with van der Waals surface area (Å²) in [6.45, 7) is 1.36. The summed E-state index contributed by atoms with van der Waals surface area (Å²) in [6, 6.07) is 12.6. The molecule has 2 aliphatic heterocycles. The molecule has 0 aromatic heterocycles. The second kappa shape index (κ2) is 11.6. The van der Waals surface area contributed by atoms with Gasteiger partial charge in [0.2, 0.25) is 5.91 Å². The molecule has 2 aromatic carbocycles. The maximum Gasteiger partial charge on any atom is 0.294 e. The number of carbonyl (C=O) groups is 3. The predicted octanol–water partition coefficient (Wildman–Crippen LogP) is 4.96. The van der Waals surface area contributed by atoms with Crippen LogP contribution in [0.25, 0.3) is 6.08 Å². The fourth-order valence-electron chi connectivity index (χ4n) is 3.96. The molecular formula is C26H24BrN3O5S. The Balaban J connectivity index is 1.47. The first-order valence-electron chi connectivity index (χ1n) is 11.4. The molecule has 0 unspecified atom stereocenters. The number of hydrogen-bond acceptors (Lipinski definition) is 7. The number of likely N-dealkylation sites (tertiary alicyclic amines) is 1. The summed E-state index contributed by atoms with van der Waals surface area (Å²) in [5.41, 5.74) is 2.10. The van der Waals surface area contributed by atoms with Crippen molar-refractivity contribution in [3.8, 4) is 17.6 Å². The molecule has 0 aliphatic carbocycles. The second-order valence-corrected chi connectivity index (χ2v) is 10.2. The monoisotopic (exact) mass is 569 g/mol. The SMILES string of the molecule is COc1cc(/C=C2/SC(=O)N(CC(=O)N3CCCCC3)C2=O)cc(Br)c1OCc1ccc(C#N)cc1. The van der Waals surface area contributed by atoms with Gasteiger partial charge in [0.1, 0.15) is 13.2 Å². The highest BCUT2D eigenvalue weighted by Gasteiger charge is 2.37. The van der Waals surface area contributed by atoms with E-state index in [1.807, 2.05) is 12.1 Å². The Morgan fingerprint density at radius 1 is 1.17 bits per heavy atom. The van der Waals surface area contributed by atoms with Crippen LogP contribution in [-0.4, -0.2) is 53.6 Å². The van der Waals surface area contributed by atoms with Crippen molar-refractivity contribution in [2.24, 2.45) is 0 Å². The summed E-state index contributed by atoms with van der Waals surface area (Å²) >= 11 is 4.32. The van der Waals surface area contributed by atoms with Crippen LogP contribution in [0.1, 0.15) is 36.0 Å². The van der Waals surface area contributed by atoms with E-state index in [9.17, 15) is 14.4 Å². The molecule has 3 amide bonds. The molecule has 0 N–H and O–H groups in total. The molecule has 0 bridgehead atoms. The molecule has 2 aromatic rings. The normalized spacial score (nSPS) is 16.9. The minimum Gasteiger partial charge on any atom is -0.493 e. The fraction of sp³-hybridized carbons (Fsp3) is 0.308. The molecule has 10 heteroatoms. The maximum absolute atomic E-state index is 12.9. The van der Waals surface area contributed by atoms with Crippen molar-refractivity contribution in [1.29, 1.82) is 5.26 Å². The van der Waals surface area contributed by atoms with Crippen molar-refractivity contribution in [3.63, 3.8) is 0 Å². The van der Waals surface area contributed by atoms with Crippen LogP contribution in [0, 0.1) is 11.3 Å². The van der Waals surface area contributed by atoms with E-state index < -0.39 is 11.1 Å². The van der Waals surface area contributed by atoms with E-state index in [-0.39, 0.29) is 24.0 Å².